The number of hydrogen-bond acceptors (Lipinski definition) is 16. The van der Waals surface area contributed by atoms with Crippen molar-refractivity contribution >= 4 is 82.6 Å². The number of nitrogens with zero attached hydrogens (tertiary/aromatic N) is 7. The Morgan fingerprint density at radius 1 is 0.957 bits per heavy atom. The van der Waals surface area contributed by atoms with E-state index in [9.17, 15) is 18.8 Å². The lowest BCUT2D eigenvalue weighted by molar-refractivity contribution is -0.0473. The van der Waals surface area contributed by atoms with E-state index in [0.717, 1.165) is 24.2 Å². The normalized spacial score (nSPS) is 29.4. The van der Waals surface area contributed by atoms with Gasteiger partial charge in [-0.2, -0.15) is 0 Å². The quantitative estimate of drug-likeness (QED) is 0.110. The number of thiazole rings is 1. The van der Waals surface area contributed by atoms with Gasteiger partial charge in [0.05, 0.1) is 31.7 Å². The van der Waals surface area contributed by atoms with Crippen LogP contribution in [0.5, 0.6) is 0 Å². The average molecular weight is 734 g/mol. The van der Waals surface area contributed by atoms with Crippen LogP contribution in [0.1, 0.15) is 38.1 Å². The largest absolute Gasteiger partial charge is 0.386 e. The Balaban J connectivity index is 1.08. The van der Waals surface area contributed by atoms with Crippen LogP contribution in [-0.2, 0) is 32.2 Å². The SMILES string of the molecule is Nc1ncnc2c1ncn2[C@@H]1OC(CO[P@](=O)(S)O[C@@H]2CC(CO[P@@](=O)(O)S)O[C@H]2n2c(=O)sc3c(N)ncnc32)CC1C1CC1. The van der Waals surface area contributed by atoms with E-state index >= 15 is 0 Å². The number of fused-ring (bicyclic) bond motifs is 2. The molecule has 6 heterocycles. The van der Waals surface area contributed by atoms with Crippen molar-refractivity contribution in [3.63, 3.8) is 0 Å². The van der Waals surface area contributed by atoms with Gasteiger partial charge in [0.2, 0.25) is 0 Å². The van der Waals surface area contributed by atoms with Gasteiger partial charge >= 0.3 is 18.5 Å². The Hall–Kier alpha value is -2.16. The first-order valence-electron chi connectivity index (χ1n) is 14.1. The number of imidazole rings is 1. The van der Waals surface area contributed by atoms with Crippen molar-refractivity contribution in [3.05, 3.63) is 28.6 Å². The van der Waals surface area contributed by atoms with Crippen molar-refractivity contribution in [1.29, 1.82) is 0 Å². The summed E-state index contributed by atoms with van der Waals surface area (Å²) in [6, 6.07) is 0. The lowest BCUT2D eigenvalue weighted by atomic mass is 9.98. The van der Waals surface area contributed by atoms with Crippen LogP contribution in [0.4, 0.5) is 11.6 Å². The van der Waals surface area contributed by atoms with E-state index in [1.54, 1.807) is 6.33 Å². The molecular formula is C23H29N9O9P2S3. The van der Waals surface area contributed by atoms with Gasteiger partial charge in [0.15, 0.2) is 23.3 Å². The number of rotatable bonds is 11. The van der Waals surface area contributed by atoms with Crippen LogP contribution >= 0.6 is 49.4 Å². The molecule has 4 aromatic rings. The average Bonchev–Trinajstić information content (AvgIpc) is 3.28. The summed E-state index contributed by atoms with van der Waals surface area (Å²) >= 11 is 8.56. The predicted molar refractivity (Wildman–Crippen MR) is 171 cm³/mol. The molecule has 7 rings (SSSR count). The highest BCUT2D eigenvalue weighted by molar-refractivity contribution is 8.44. The van der Waals surface area contributed by atoms with Gasteiger partial charge in [-0.25, -0.2) is 34.0 Å². The summed E-state index contributed by atoms with van der Waals surface area (Å²) in [5.74, 6) is 0.952. The molecule has 0 radical (unpaired) electrons. The summed E-state index contributed by atoms with van der Waals surface area (Å²) in [7, 11) is 0. The van der Waals surface area contributed by atoms with Gasteiger partial charge in [-0.15, -0.1) is 0 Å². The Morgan fingerprint density at radius 2 is 1.63 bits per heavy atom. The molecule has 248 valence electrons. The maximum atomic E-state index is 13.6. The Bertz CT molecular complexity index is 1930. The molecule has 2 aliphatic heterocycles. The van der Waals surface area contributed by atoms with E-state index in [0.29, 0.717) is 28.2 Å². The molecule has 8 atom stereocenters. The number of anilines is 2. The fraction of sp³-hybridized carbons (Fsp3) is 0.565. The first-order chi connectivity index (χ1) is 21.9. The van der Waals surface area contributed by atoms with Gasteiger partial charge in [0.1, 0.15) is 41.0 Å². The Labute approximate surface area is 274 Å². The maximum absolute atomic E-state index is 13.6. The highest BCUT2D eigenvalue weighted by atomic mass is 32.7. The van der Waals surface area contributed by atoms with Crippen LogP contribution in [0.25, 0.3) is 21.5 Å². The smallest absolute Gasteiger partial charge is 0.382 e. The number of nitrogens with two attached hydrogens (primary N) is 2. The number of thiol groups is 2. The second-order valence-electron chi connectivity index (χ2n) is 11.2. The molecule has 23 heteroatoms. The summed E-state index contributed by atoms with van der Waals surface area (Å²) < 4.78 is 57.6. The van der Waals surface area contributed by atoms with Crippen molar-refractivity contribution < 1.29 is 37.1 Å². The molecule has 1 aliphatic carbocycles. The van der Waals surface area contributed by atoms with Gasteiger partial charge in [-0.05, 0) is 25.2 Å². The molecular weight excluding hydrogens is 704 g/mol. The molecule has 3 fully saturated rings. The van der Waals surface area contributed by atoms with Crippen molar-refractivity contribution in [2.24, 2.45) is 11.8 Å². The first kappa shape index (κ1) is 32.4. The van der Waals surface area contributed by atoms with Crippen LogP contribution < -0.4 is 16.3 Å². The number of nitrogen functional groups attached to an aromatic ring is 2. The van der Waals surface area contributed by atoms with E-state index in [1.807, 2.05) is 4.57 Å². The van der Waals surface area contributed by atoms with E-state index in [1.165, 1.54) is 17.2 Å². The summed E-state index contributed by atoms with van der Waals surface area (Å²) in [5.41, 5.74) is 13.1. The predicted octanol–water partition coefficient (Wildman–Crippen LogP) is 2.95. The minimum atomic E-state index is -4.14. The second-order valence-corrected chi connectivity index (χ2v) is 17.8. The third-order valence-electron chi connectivity index (χ3n) is 8.07. The molecule has 1 saturated carbocycles. The summed E-state index contributed by atoms with van der Waals surface area (Å²) in [6.07, 6.45) is 3.01. The topological polar surface area (TPSA) is 244 Å². The van der Waals surface area contributed by atoms with E-state index < -0.39 is 49.2 Å². The van der Waals surface area contributed by atoms with Gasteiger partial charge in [0, 0.05) is 12.3 Å². The molecule has 5 N–H and O–H groups in total. The van der Waals surface area contributed by atoms with Crippen molar-refractivity contribution in [2.75, 3.05) is 24.7 Å². The molecule has 3 unspecified atom stereocenters. The molecule has 0 bridgehead atoms. The third kappa shape index (κ3) is 6.60. The molecule has 0 spiro atoms. The molecule has 2 saturated heterocycles. The lowest BCUT2D eigenvalue weighted by Gasteiger charge is -2.23. The Morgan fingerprint density at radius 3 is 2.37 bits per heavy atom. The number of ether oxygens (including phenoxy) is 2. The van der Waals surface area contributed by atoms with Crippen LogP contribution in [0.15, 0.2) is 23.8 Å². The zero-order valence-electron chi connectivity index (χ0n) is 23.7. The number of hydrogen-bond donors (Lipinski definition) is 5. The van der Waals surface area contributed by atoms with Crippen LogP contribution in [0.2, 0.25) is 0 Å². The maximum Gasteiger partial charge on any atom is 0.386 e. The lowest BCUT2D eigenvalue weighted by Crippen LogP contribution is -2.28. The molecule has 46 heavy (non-hydrogen) atoms. The van der Waals surface area contributed by atoms with Gasteiger partial charge in [-0.1, -0.05) is 35.8 Å². The van der Waals surface area contributed by atoms with Gasteiger partial charge < -0.3 is 25.8 Å². The fourth-order valence-corrected chi connectivity index (χ4v) is 8.89. The Kier molecular flexibility index (Phi) is 8.72. The van der Waals surface area contributed by atoms with Crippen molar-refractivity contribution in [3.8, 4) is 0 Å². The standard InChI is InChI=1S/C23H29N9O9P2S3/c24-17-15-19(28-7-26-17)31(9-30-15)21-13(10-1-2-10)3-11(39-21)6-38-43(36,45)41-14-4-12(5-37-42(34,35)44)40-22(14)32-20-16(46-23(32)33)18(25)27-8-29-20/h7-14,21-22H,1-6H2,(H,36,45)(H2,24,26,28)(H2,25,27,29)(H2,34,35,44)/t11?,12?,13?,14-,21-,22-,43+/m1/s1. The third-order valence-corrected chi connectivity index (χ3v) is 11.5. The second kappa shape index (κ2) is 12.4. The summed E-state index contributed by atoms with van der Waals surface area (Å²) in [6.45, 7) is -8.71. The van der Waals surface area contributed by atoms with Crippen molar-refractivity contribution in [1.82, 2.24) is 34.1 Å². The van der Waals surface area contributed by atoms with E-state index in [2.05, 4.69) is 49.4 Å². The van der Waals surface area contributed by atoms with Crippen LogP contribution in [0.3, 0.4) is 0 Å². The van der Waals surface area contributed by atoms with Gasteiger partial charge in [-0.3, -0.25) is 27.5 Å². The zero-order valence-corrected chi connectivity index (χ0v) is 28.1. The van der Waals surface area contributed by atoms with Gasteiger partial charge in [0.25, 0.3) is 0 Å². The highest BCUT2D eigenvalue weighted by Gasteiger charge is 2.47. The van der Waals surface area contributed by atoms with Crippen LogP contribution in [0, 0.1) is 11.8 Å². The van der Waals surface area contributed by atoms with E-state index in [4.69, 9.17) is 34.5 Å². The molecule has 4 aromatic heterocycles. The summed E-state index contributed by atoms with van der Waals surface area (Å²) in [4.78, 5) is 42.9. The molecule has 0 aromatic carbocycles. The number of aromatic nitrogens is 7. The fourth-order valence-electron chi connectivity index (χ4n) is 5.96. The highest BCUT2D eigenvalue weighted by Crippen LogP contribution is 2.58. The van der Waals surface area contributed by atoms with Crippen molar-refractivity contribution in [2.45, 2.75) is 56.5 Å². The van der Waals surface area contributed by atoms with E-state index in [-0.39, 0.29) is 42.8 Å². The minimum Gasteiger partial charge on any atom is -0.382 e. The zero-order chi connectivity index (χ0) is 32.4. The minimum absolute atomic E-state index is 0.00114. The van der Waals surface area contributed by atoms with Crippen LogP contribution in [-0.4, -0.2) is 70.5 Å². The molecule has 0 amide bonds. The first-order valence-corrected chi connectivity index (χ1v) is 20.3. The molecule has 3 aliphatic rings. The molecule has 18 nitrogen and oxygen atoms in total. The summed E-state index contributed by atoms with van der Waals surface area (Å²) in [5, 5.41) is 0. The monoisotopic (exact) mass is 733 g/mol.